The summed E-state index contributed by atoms with van der Waals surface area (Å²) < 4.78 is 24.6. The van der Waals surface area contributed by atoms with Gasteiger partial charge in [0.05, 0.1) is 11.5 Å². The molecule has 1 unspecified atom stereocenters. The zero-order chi connectivity index (χ0) is 14.8. The fourth-order valence-corrected chi connectivity index (χ4v) is 4.16. The van der Waals surface area contributed by atoms with Gasteiger partial charge in [-0.25, -0.2) is 8.42 Å². The monoisotopic (exact) mass is 299 g/mol. The molecule has 0 amide bonds. The molecule has 1 aliphatic heterocycles. The molecule has 0 aliphatic carbocycles. The summed E-state index contributed by atoms with van der Waals surface area (Å²) in [7, 11) is -2.87. The van der Waals surface area contributed by atoms with Crippen LogP contribution in [0.1, 0.15) is 13.3 Å². The maximum atomic E-state index is 11.6. The molecule has 1 aromatic heterocycles. The van der Waals surface area contributed by atoms with Gasteiger partial charge in [-0.2, -0.15) is 0 Å². The predicted molar refractivity (Wildman–Crippen MR) is 79.4 cm³/mol. The van der Waals surface area contributed by atoms with Gasteiger partial charge in [-0.1, -0.05) is 0 Å². The first-order valence-electron chi connectivity index (χ1n) is 6.78. The second kappa shape index (κ2) is 5.97. The van der Waals surface area contributed by atoms with E-state index in [1.165, 1.54) is 6.07 Å². The summed E-state index contributed by atoms with van der Waals surface area (Å²) in [5, 5.41) is 0. The van der Waals surface area contributed by atoms with Crippen LogP contribution in [0.3, 0.4) is 0 Å². The molecule has 20 heavy (non-hydrogen) atoms. The van der Waals surface area contributed by atoms with Crippen molar-refractivity contribution >= 4 is 15.5 Å². The van der Waals surface area contributed by atoms with E-state index in [0.29, 0.717) is 18.8 Å². The molecule has 2 heterocycles. The number of nitrogens with zero attached hydrogens (tertiary/aromatic N) is 2. The molecule has 2 N–H and O–H groups in total. The molecule has 1 aromatic rings. The van der Waals surface area contributed by atoms with Gasteiger partial charge in [-0.15, -0.1) is 0 Å². The molecule has 1 atom stereocenters. The quantitative estimate of drug-likeness (QED) is 0.842. The van der Waals surface area contributed by atoms with E-state index >= 15 is 0 Å². The average Bonchev–Trinajstić information content (AvgIpc) is 2.35. The second-order valence-corrected chi connectivity index (χ2v) is 7.58. The van der Waals surface area contributed by atoms with Crippen LogP contribution in [0.15, 0.2) is 23.1 Å². The number of nitrogens with two attached hydrogens (primary N) is 1. The summed E-state index contributed by atoms with van der Waals surface area (Å²) in [6, 6.07) is 3.10. The normalized spacial score (nSPS) is 22.8. The van der Waals surface area contributed by atoms with E-state index in [-0.39, 0.29) is 23.1 Å². The van der Waals surface area contributed by atoms with Crippen molar-refractivity contribution in [3.63, 3.8) is 0 Å². The van der Waals surface area contributed by atoms with Crippen LogP contribution in [0.5, 0.6) is 0 Å². The first kappa shape index (κ1) is 15.1. The van der Waals surface area contributed by atoms with Gasteiger partial charge >= 0.3 is 0 Å². The molecular formula is C13H21N3O3S. The molecule has 0 aromatic carbocycles. The fraction of sp³-hybridized carbons (Fsp3) is 0.615. The van der Waals surface area contributed by atoms with Gasteiger partial charge in [0.2, 0.25) is 0 Å². The Balaban J connectivity index is 1.87. The molecule has 1 saturated heterocycles. The Labute approximate surface area is 119 Å². The lowest BCUT2D eigenvalue weighted by atomic mass is 10.2. The summed E-state index contributed by atoms with van der Waals surface area (Å²) in [6.07, 6.45) is 2.44. The molecule has 1 fully saturated rings. The molecule has 1 aliphatic rings. The summed E-state index contributed by atoms with van der Waals surface area (Å²) in [6.45, 7) is 3.90. The number of aryl methyl sites for hydroxylation is 1. The predicted octanol–water partition coefficient (Wildman–Crippen LogP) is -0.0605. The highest BCUT2D eigenvalue weighted by molar-refractivity contribution is 7.91. The van der Waals surface area contributed by atoms with Crippen molar-refractivity contribution in [1.29, 1.82) is 0 Å². The third-order valence-corrected chi connectivity index (χ3v) is 5.45. The van der Waals surface area contributed by atoms with Gasteiger partial charge in [0.1, 0.15) is 0 Å². The van der Waals surface area contributed by atoms with Gasteiger partial charge in [0, 0.05) is 43.6 Å². The zero-order valence-corrected chi connectivity index (χ0v) is 12.5. The number of aromatic nitrogens is 1. The Bertz CT molecular complexity index is 624. The SMILES string of the molecule is CC1CS(=O)(=O)CCN1CCCn1cc(N)ccc1=O. The zero-order valence-electron chi connectivity index (χ0n) is 11.7. The lowest BCUT2D eigenvalue weighted by Gasteiger charge is -2.33. The first-order valence-corrected chi connectivity index (χ1v) is 8.60. The van der Waals surface area contributed by atoms with Crippen LogP contribution >= 0.6 is 0 Å². The number of hydrogen-bond donors (Lipinski definition) is 1. The highest BCUT2D eigenvalue weighted by Crippen LogP contribution is 2.11. The summed E-state index contributed by atoms with van der Waals surface area (Å²) in [4.78, 5) is 13.8. The summed E-state index contributed by atoms with van der Waals surface area (Å²) >= 11 is 0. The highest BCUT2D eigenvalue weighted by atomic mass is 32.2. The Hall–Kier alpha value is -1.34. The highest BCUT2D eigenvalue weighted by Gasteiger charge is 2.27. The molecule has 2 rings (SSSR count). The largest absolute Gasteiger partial charge is 0.398 e. The van der Waals surface area contributed by atoms with E-state index in [1.807, 2.05) is 6.92 Å². The summed E-state index contributed by atoms with van der Waals surface area (Å²) in [5.41, 5.74) is 6.17. The maximum absolute atomic E-state index is 11.6. The van der Waals surface area contributed by atoms with Crippen LogP contribution < -0.4 is 11.3 Å². The molecule has 0 spiro atoms. The smallest absolute Gasteiger partial charge is 0.250 e. The van der Waals surface area contributed by atoms with Crippen molar-refractivity contribution < 1.29 is 8.42 Å². The van der Waals surface area contributed by atoms with Crippen LogP contribution in [-0.2, 0) is 16.4 Å². The van der Waals surface area contributed by atoms with Crippen LogP contribution in [0, 0.1) is 0 Å². The topological polar surface area (TPSA) is 85.4 Å². The lowest BCUT2D eigenvalue weighted by Crippen LogP contribution is -2.47. The molecule has 7 heteroatoms. The second-order valence-electron chi connectivity index (χ2n) is 5.35. The number of pyridine rings is 1. The first-order chi connectivity index (χ1) is 9.37. The third kappa shape index (κ3) is 3.83. The Morgan fingerprint density at radius 3 is 2.80 bits per heavy atom. The lowest BCUT2D eigenvalue weighted by molar-refractivity contribution is 0.220. The van der Waals surface area contributed by atoms with Crippen molar-refractivity contribution in [3.8, 4) is 0 Å². The number of nitrogen functional groups attached to an aromatic ring is 1. The number of hydrogen-bond acceptors (Lipinski definition) is 5. The third-order valence-electron chi connectivity index (χ3n) is 3.66. The van der Waals surface area contributed by atoms with Crippen molar-refractivity contribution in [2.24, 2.45) is 0 Å². The maximum Gasteiger partial charge on any atom is 0.250 e. The molecule has 0 saturated carbocycles. The van der Waals surface area contributed by atoms with Crippen molar-refractivity contribution in [2.75, 3.05) is 30.3 Å². The number of sulfone groups is 1. The Morgan fingerprint density at radius 1 is 1.35 bits per heavy atom. The number of anilines is 1. The van der Waals surface area contributed by atoms with Crippen LogP contribution in [0.4, 0.5) is 5.69 Å². The van der Waals surface area contributed by atoms with E-state index in [4.69, 9.17) is 5.73 Å². The van der Waals surface area contributed by atoms with E-state index in [1.54, 1.807) is 16.8 Å². The van der Waals surface area contributed by atoms with Crippen LogP contribution in [0.2, 0.25) is 0 Å². The number of rotatable bonds is 4. The fourth-order valence-electron chi connectivity index (χ4n) is 2.53. The van der Waals surface area contributed by atoms with E-state index in [9.17, 15) is 13.2 Å². The van der Waals surface area contributed by atoms with E-state index < -0.39 is 9.84 Å². The Morgan fingerprint density at radius 2 is 2.10 bits per heavy atom. The van der Waals surface area contributed by atoms with Gasteiger partial charge in [-0.3, -0.25) is 9.69 Å². The molecule has 0 radical (unpaired) electrons. The standard InChI is InChI=1S/C13H21N3O3S/c1-11-10-20(18,19)8-7-15(11)5-2-6-16-9-12(14)3-4-13(16)17/h3-4,9,11H,2,5-8,10,14H2,1H3. The Kier molecular flexibility index (Phi) is 4.49. The molecule has 0 bridgehead atoms. The van der Waals surface area contributed by atoms with Crippen molar-refractivity contribution in [1.82, 2.24) is 9.47 Å². The molecule has 6 nitrogen and oxygen atoms in total. The van der Waals surface area contributed by atoms with Gasteiger partial charge in [-0.05, 0) is 19.4 Å². The molecule has 112 valence electrons. The van der Waals surface area contributed by atoms with Crippen LogP contribution in [0.25, 0.3) is 0 Å². The van der Waals surface area contributed by atoms with Gasteiger partial charge < -0.3 is 10.3 Å². The van der Waals surface area contributed by atoms with E-state index in [0.717, 1.165) is 13.0 Å². The molecular weight excluding hydrogens is 278 g/mol. The van der Waals surface area contributed by atoms with Gasteiger partial charge in [0.15, 0.2) is 9.84 Å². The van der Waals surface area contributed by atoms with Gasteiger partial charge in [0.25, 0.3) is 5.56 Å². The van der Waals surface area contributed by atoms with Crippen LogP contribution in [-0.4, -0.2) is 48.5 Å². The minimum atomic E-state index is -2.87. The minimum absolute atomic E-state index is 0.0475. The van der Waals surface area contributed by atoms with Crippen molar-refractivity contribution in [3.05, 3.63) is 28.7 Å². The minimum Gasteiger partial charge on any atom is -0.398 e. The van der Waals surface area contributed by atoms with E-state index in [2.05, 4.69) is 4.90 Å². The van der Waals surface area contributed by atoms with Crippen molar-refractivity contribution in [2.45, 2.75) is 25.9 Å². The summed E-state index contributed by atoms with van der Waals surface area (Å²) in [5.74, 6) is 0.459. The average molecular weight is 299 g/mol.